The van der Waals surface area contributed by atoms with Gasteiger partial charge in [-0.15, -0.1) is 5.10 Å². The highest BCUT2D eigenvalue weighted by Crippen LogP contribution is 2.39. The van der Waals surface area contributed by atoms with Crippen LogP contribution in [0, 0.1) is 10.1 Å². The van der Waals surface area contributed by atoms with Crippen molar-refractivity contribution in [2.45, 2.75) is 26.7 Å². The minimum atomic E-state index is -1.04. The summed E-state index contributed by atoms with van der Waals surface area (Å²) in [5, 5.41) is 16.7. The summed E-state index contributed by atoms with van der Waals surface area (Å²) in [4.78, 5) is 34.9. The van der Waals surface area contributed by atoms with Crippen molar-refractivity contribution in [3.8, 4) is 11.5 Å². The van der Waals surface area contributed by atoms with Crippen LogP contribution in [0.2, 0.25) is 0 Å². The molecular weight excluding hydrogens is 534 g/mol. The predicted octanol–water partition coefficient (Wildman–Crippen LogP) is 5.10. The number of rotatable bonds is 7. The zero-order valence-electron chi connectivity index (χ0n) is 19.2. The average molecular weight is 554 g/mol. The van der Waals surface area contributed by atoms with Gasteiger partial charge >= 0.3 is 5.97 Å². The van der Waals surface area contributed by atoms with Gasteiger partial charge in [-0.3, -0.25) is 19.7 Å². The molecule has 0 aromatic heterocycles. The normalized spacial score (nSPS) is 14.6. The Morgan fingerprint density at radius 2 is 1.81 bits per heavy atom. The van der Waals surface area contributed by atoms with Crippen molar-refractivity contribution in [1.29, 1.82) is 0 Å². The molecule has 11 heteroatoms. The third-order valence-electron chi connectivity index (χ3n) is 5.10. The quantitative estimate of drug-likeness (QED) is 0.172. The molecule has 184 valence electrons. The van der Waals surface area contributed by atoms with Gasteiger partial charge < -0.3 is 14.2 Å². The molecule has 1 aliphatic heterocycles. The number of esters is 1. The molecule has 0 fully saturated rings. The van der Waals surface area contributed by atoms with Crippen molar-refractivity contribution >= 4 is 39.4 Å². The molecule has 0 saturated carbocycles. The Kier molecular flexibility index (Phi) is 7.30. The number of benzene rings is 3. The van der Waals surface area contributed by atoms with Crippen molar-refractivity contribution in [2.75, 3.05) is 0 Å². The van der Waals surface area contributed by atoms with E-state index in [1.165, 1.54) is 32.0 Å². The molecule has 1 atom stereocenters. The first-order valence-corrected chi connectivity index (χ1v) is 11.5. The summed E-state index contributed by atoms with van der Waals surface area (Å²) in [5.74, 6) is -0.736. The van der Waals surface area contributed by atoms with Gasteiger partial charge in [0.15, 0.2) is 0 Å². The van der Waals surface area contributed by atoms with Crippen molar-refractivity contribution in [1.82, 2.24) is 5.01 Å². The number of carbonyl (C=O) groups excluding carboxylic acids is 2. The topological polar surface area (TPSA) is 121 Å². The summed E-state index contributed by atoms with van der Waals surface area (Å²) in [5.41, 5.74) is 1.23. The number of nitrogens with zero attached hydrogens (tertiary/aromatic N) is 3. The van der Waals surface area contributed by atoms with Gasteiger partial charge in [-0.25, -0.2) is 0 Å². The molecule has 0 bridgehead atoms. The molecule has 36 heavy (non-hydrogen) atoms. The zero-order chi connectivity index (χ0) is 25.8. The standard InChI is InChI=1S/C25H20BrN3O7/c1-15(30)28-25(21-12-18(26)8-10-22(21)34-14-17-6-4-3-5-7-17)36-24(27-28)20-13-19(29(32)33)9-11-23(20)35-16(2)31/h3-13,25H,14H2,1-2H3. The molecule has 4 rings (SSSR count). The van der Waals surface area contributed by atoms with Crippen molar-refractivity contribution in [2.24, 2.45) is 5.10 Å². The number of amides is 1. The Morgan fingerprint density at radius 1 is 1.08 bits per heavy atom. The Hall–Kier alpha value is -4.25. The van der Waals surface area contributed by atoms with E-state index in [1.807, 2.05) is 30.3 Å². The summed E-state index contributed by atoms with van der Waals surface area (Å²) in [6.45, 7) is 2.79. The van der Waals surface area contributed by atoms with E-state index in [0.717, 1.165) is 10.6 Å². The van der Waals surface area contributed by atoms with E-state index in [9.17, 15) is 19.7 Å². The number of nitro benzene ring substituents is 1. The molecule has 1 heterocycles. The number of carbonyl (C=O) groups is 2. The lowest BCUT2D eigenvalue weighted by Crippen LogP contribution is -2.25. The largest absolute Gasteiger partial charge is 0.488 e. The number of non-ortho nitro benzene ring substituents is 1. The van der Waals surface area contributed by atoms with Crippen LogP contribution in [0.4, 0.5) is 5.69 Å². The maximum Gasteiger partial charge on any atom is 0.308 e. The summed E-state index contributed by atoms with van der Waals surface area (Å²) >= 11 is 3.44. The van der Waals surface area contributed by atoms with Gasteiger partial charge in [0, 0.05) is 30.5 Å². The fourth-order valence-corrected chi connectivity index (χ4v) is 3.88. The molecule has 0 N–H and O–H groups in total. The Labute approximate surface area is 214 Å². The fraction of sp³-hybridized carbons (Fsp3) is 0.160. The van der Waals surface area contributed by atoms with Crippen LogP contribution in [0.3, 0.4) is 0 Å². The highest BCUT2D eigenvalue weighted by molar-refractivity contribution is 9.10. The van der Waals surface area contributed by atoms with Crippen LogP contribution >= 0.6 is 15.9 Å². The number of nitro groups is 1. The van der Waals surface area contributed by atoms with E-state index in [1.54, 1.807) is 18.2 Å². The molecule has 0 saturated heterocycles. The molecule has 10 nitrogen and oxygen atoms in total. The van der Waals surface area contributed by atoms with Crippen molar-refractivity contribution < 1.29 is 28.7 Å². The van der Waals surface area contributed by atoms with Gasteiger partial charge in [0.2, 0.25) is 18.0 Å². The van der Waals surface area contributed by atoms with Crippen molar-refractivity contribution in [3.05, 3.63) is 98.0 Å². The first kappa shape index (κ1) is 24.9. The lowest BCUT2D eigenvalue weighted by Gasteiger charge is -2.22. The van der Waals surface area contributed by atoms with Crippen LogP contribution in [0.25, 0.3) is 0 Å². The minimum absolute atomic E-state index is 0.00537. The lowest BCUT2D eigenvalue weighted by atomic mass is 10.1. The SMILES string of the molecule is CC(=O)Oc1ccc([N+](=O)[O-])cc1C1=NN(C(C)=O)C(c2cc(Br)ccc2OCc2ccccc2)O1. The monoisotopic (exact) mass is 553 g/mol. The van der Waals surface area contributed by atoms with Crippen molar-refractivity contribution in [3.63, 3.8) is 0 Å². The number of hydrogen-bond acceptors (Lipinski definition) is 8. The summed E-state index contributed by atoms with van der Waals surface area (Å²) in [7, 11) is 0. The molecule has 3 aromatic rings. The van der Waals surface area contributed by atoms with Gasteiger partial charge in [-0.05, 0) is 29.8 Å². The Morgan fingerprint density at radius 3 is 2.47 bits per heavy atom. The second-order valence-electron chi connectivity index (χ2n) is 7.73. The number of ether oxygens (including phenoxy) is 3. The van der Waals surface area contributed by atoms with E-state index >= 15 is 0 Å². The number of hydrazone groups is 1. The fourth-order valence-electron chi connectivity index (χ4n) is 3.50. The highest BCUT2D eigenvalue weighted by Gasteiger charge is 2.37. The second kappa shape index (κ2) is 10.6. The maximum atomic E-state index is 12.5. The molecule has 1 unspecified atom stereocenters. The molecule has 1 aliphatic rings. The summed E-state index contributed by atoms with van der Waals surface area (Å²) in [6.07, 6.45) is -1.04. The summed E-state index contributed by atoms with van der Waals surface area (Å²) in [6, 6.07) is 18.5. The first-order valence-electron chi connectivity index (χ1n) is 10.7. The maximum absolute atomic E-state index is 12.5. The van der Waals surface area contributed by atoms with E-state index in [0.29, 0.717) is 15.8 Å². The zero-order valence-corrected chi connectivity index (χ0v) is 20.8. The van der Waals surface area contributed by atoms with Gasteiger partial charge in [0.1, 0.15) is 18.1 Å². The molecule has 0 radical (unpaired) electrons. The van der Waals surface area contributed by atoms with Crippen LogP contribution in [0.1, 0.15) is 36.8 Å². The van der Waals surface area contributed by atoms with Gasteiger partial charge in [-0.1, -0.05) is 46.3 Å². The van der Waals surface area contributed by atoms with E-state index in [2.05, 4.69) is 21.0 Å². The van der Waals surface area contributed by atoms with Crippen LogP contribution in [0.15, 0.2) is 76.3 Å². The van der Waals surface area contributed by atoms with E-state index in [-0.39, 0.29) is 29.5 Å². The minimum Gasteiger partial charge on any atom is -0.488 e. The molecular formula is C25H20BrN3O7. The molecule has 3 aromatic carbocycles. The molecule has 0 aliphatic carbocycles. The smallest absolute Gasteiger partial charge is 0.308 e. The van der Waals surface area contributed by atoms with Crippen LogP contribution < -0.4 is 9.47 Å². The number of hydrogen-bond donors (Lipinski definition) is 0. The third kappa shape index (κ3) is 5.52. The second-order valence-corrected chi connectivity index (χ2v) is 8.64. The average Bonchev–Trinajstić information content (AvgIpc) is 3.29. The van der Waals surface area contributed by atoms with Crippen LogP contribution in [-0.4, -0.2) is 27.7 Å². The van der Waals surface area contributed by atoms with E-state index in [4.69, 9.17) is 14.2 Å². The van der Waals surface area contributed by atoms with Crippen LogP contribution in [-0.2, 0) is 20.9 Å². The van der Waals surface area contributed by atoms with Gasteiger partial charge in [0.05, 0.1) is 16.1 Å². The number of halogens is 1. The Bertz CT molecular complexity index is 1360. The highest BCUT2D eigenvalue weighted by atomic mass is 79.9. The van der Waals surface area contributed by atoms with Gasteiger partial charge in [0.25, 0.3) is 5.69 Å². The lowest BCUT2D eigenvalue weighted by molar-refractivity contribution is -0.384. The Balaban J connectivity index is 1.72. The van der Waals surface area contributed by atoms with Crippen LogP contribution in [0.5, 0.6) is 11.5 Å². The predicted molar refractivity (Wildman–Crippen MR) is 132 cm³/mol. The molecule has 1 amide bonds. The third-order valence-corrected chi connectivity index (χ3v) is 5.59. The van der Waals surface area contributed by atoms with E-state index < -0.39 is 23.0 Å². The van der Waals surface area contributed by atoms with Gasteiger partial charge in [-0.2, -0.15) is 5.01 Å². The first-order chi connectivity index (χ1) is 17.2. The molecule has 0 spiro atoms. The summed E-state index contributed by atoms with van der Waals surface area (Å²) < 4.78 is 18.0.